The van der Waals surface area contributed by atoms with Crippen molar-refractivity contribution < 1.29 is 4.79 Å². The molecule has 1 N–H and O–H groups in total. The molecule has 3 nitrogen and oxygen atoms in total. The fourth-order valence-corrected chi connectivity index (χ4v) is 3.81. The molecule has 1 saturated carbocycles. The van der Waals surface area contributed by atoms with Gasteiger partial charge in [0.05, 0.1) is 5.41 Å². The molecule has 3 rings (SSSR count). The quantitative estimate of drug-likeness (QED) is 0.677. The van der Waals surface area contributed by atoms with E-state index in [9.17, 15) is 4.79 Å². The van der Waals surface area contributed by atoms with Crippen LogP contribution in [0.2, 0.25) is 5.02 Å². The Balaban J connectivity index is 1.45. The van der Waals surface area contributed by atoms with Crippen molar-refractivity contribution in [1.29, 1.82) is 0 Å². The van der Waals surface area contributed by atoms with Crippen LogP contribution in [0.5, 0.6) is 0 Å². The summed E-state index contributed by atoms with van der Waals surface area (Å²) in [6, 6.07) is 18.1. The summed E-state index contributed by atoms with van der Waals surface area (Å²) < 4.78 is 0. The minimum atomic E-state index is -0.369. The summed E-state index contributed by atoms with van der Waals surface area (Å²) in [5.41, 5.74) is 1.91. The summed E-state index contributed by atoms with van der Waals surface area (Å²) in [6.07, 6.45) is 4.96. The Morgan fingerprint density at radius 3 is 2.54 bits per heavy atom. The minimum Gasteiger partial charge on any atom is -0.375 e. The number of rotatable bonds is 8. The van der Waals surface area contributed by atoms with Crippen LogP contribution < -0.4 is 10.2 Å². The highest BCUT2D eigenvalue weighted by Gasteiger charge is 2.45. The fourth-order valence-electron chi connectivity index (χ4n) is 3.62. The zero-order valence-corrected chi connectivity index (χ0v) is 16.1. The van der Waals surface area contributed by atoms with Crippen LogP contribution in [0, 0.1) is 0 Å². The molecule has 1 amide bonds. The van der Waals surface area contributed by atoms with Gasteiger partial charge in [-0.15, -0.1) is 0 Å². The second-order valence-corrected chi connectivity index (χ2v) is 7.60. The maximum Gasteiger partial charge on any atom is 0.230 e. The first-order chi connectivity index (χ1) is 12.6. The van der Waals surface area contributed by atoms with Crippen molar-refractivity contribution in [3.8, 4) is 0 Å². The number of anilines is 1. The number of carbonyl (C=O) groups excluding carboxylic acids is 1. The molecule has 0 radical (unpaired) electrons. The molecular formula is C22H27ClN2O. The monoisotopic (exact) mass is 370 g/mol. The van der Waals surface area contributed by atoms with Gasteiger partial charge in [-0.3, -0.25) is 4.79 Å². The standard InChI is InChI=1S/C22H27ClN2O/c1-25(20-11-3-2-4-12-20)16-6-5-15-24-21(26)22(13-8-14-22)18-9-7-10-19(23)17-18/h2-4,7,9-12,17H,5-6,8,13-16H2,1H3,(H,24,26). The molecule has 0 bridgehead atoms. The first kappa shape index (κ1) is 18.8. The molecule has 4 heteroatoms. The largest absolute Gasteiger partial charge is 0.375 e. The Hall–Kier alpha value is -2.00. The summed E-state index contributed by atoms with van der Waals surface area (Å²) in [6.45, 7) is 1.71. The third kappa shape index (κ3) is 4.21. The normalized spacial score (nSPS) is 15.2. The number of nitrogens with one attached hydrogen (secondary N) is 1. The van der Waals surface area contributed by atoms with Crippen molar-refractivity contribution >= 4 is 23.2 Å². The first-order valence-corrected chi connectivity index (χ1v) is 9.80. The van der Waals surface area contributed by atoms with Gasteiger partial charge in [-0.25, -0.2) is 0 Å². The summed E-state index contributed by atoms with van der Waals surface area (Å²) >= 11 is 6.13. The van der Waals surface area contributed by atoms with Gasteiger partial charge in [-0.2, -0.15) is 0 Å². The van der Waals surface area contributed by atoms with E-state index in [1.54, 1.807) is 0 Å². The summed E-state index contributed by atoms with van der Waals surface area (Å²) in [7, 11) is 2.11. The van der Waals surface area contributed by atoms with Gasteiger partial charge in [-0.1, -0.05) is 48.4 Å². The van der Waals surface area contributed by atoms with Crippen molar-refractivity contribution in [2.75, 3.05) is 25.0 Å². The van der Waals surface area contributed by atoms with Gasteiger partial charge in [0.25, 0.3) is 0 Å². The highest BCUT2D eigenvalue weighted by molar-refractivity contribution is 6.30. The zero-order chi connectivity index (χ0) is 18.4. The van der Waals surface area contributed by atoms with E-state index in [-0.39, 0.29) is 11.3 Å². The highest BCUT2D eigenvalue weighted by atomic mass is 35.5. The van der Waals surface area contributed by atoms with E-state index < -0.39 is 0 Å². The molecule has 2 aromatic carbocycles. The van der Waals surface area contributed by atoms with Gasteiger partial charge in [-0.05, 0) is 55.5 Å². The predicted molar refractivity (Wildman–Crippen MR) is 109 cm³/mol. The van der Waals surface area contributed by atoms with Crippen LogP contribution in [0.15, 0.2) is 54.6 Å². The third-order valence-corrected chi connectivity index (χ3v) is 5.66. The van der Waals surface area contributed by atoms with Crippen LogP contribution in [-0.4, -0.2) is 26.0 Å². The molecule has 1 aliphatic carbocycles. The number of amides is 1. The van der Waals surface area contributed by atoms with Crippen molar-refractivity contribution in [1.82, 2.24) is 5.32 Å². The molecule has 2 aromatic rings. The van der Waals surface area contributed by atoms with E-state index in [4.69, 9.17) is 11.6 Å². The van der Waals surface area contributed by atoms with Crippen molar-refractivity contribution in [2.45, 2.75) is 37.5 Å². The molecule has 0 atom stereocenters. The molecule has 138 valence electrons. The van der Waals surface area contributed by atoms with Crippen LogP contribution in [0.1, 0.15) is 37.7 Å². The fraction of sp³-hybridized carbons (Fsp3) is 0.409. The van der Waals surface area contributed by atoms with Gasteiger partial charge in [0.1, 0.15) is 0 Å². The van der Waals surface area contributed by atoms with E-state index >= 15 is 0 Å². The molecular weight excluding hydrogens is 344 g/mol. The smallest absolute Gasteiger partial charge is 0.230 e. The van der Waals surface area contributed by atoms with Gasteiger partial charge < -0.3 is 10.2 Å². The molecule has 0 spiro atoms. The van der Waals surface area contributed by atoms with Crippen LogP contribution in [0.4, 0.5) is 5.69 Å². The third-order valence-electron chi connectivity index (χ3n) is 5.42. The number of para-hydroxylation sites is 1. The van der Waals surface area contributed by atoms with Gasteiger partial charge in [0.15, 0.2) is 0 Å². The van der Waals surface area contributed by atoms with Crippen molar-refractivity contribution in [3.05, 3.63) is 65.2 Å². The van der Waals surface area contributed by atoms with E-state index in [0.29, 0.717) is 5.02 Å². The number of nitrogens with zero attached hydrogens (tertiary/aromatic N) is 1. The first-order valence-electron chi connectivity index (χ1n) is 9.42. The SMILES string of the molecule is CN(CCCCNC(=O)C1(c2cccc(Cl)c2)CCC1)c1ccccc1. The van der Waals surface area contributed by atoms with Gasteiger partial charge in [0, 0.05) is 30.8 Å². The average molecular weight is 371 g/mol. The maximum atomic E-state index is 12.8. The molecule has 0 saturated heterocycles. The summed E-state index contributed by atoms with van der Waals surface area (Å²) in [5.74, 6) is 0.155. The highest BCUT2D eigenvalue weighted by Crippen LogP contribution is 2.44. The lowest BCUT2D eigenvalue weighted by Crippen LogP contribution is -2.49. The lowest BCUT2D eigenvalue weighted by molar-refractivity contribution is -0.129. The Morgan fingerprint density at radius 2 is 1.88 bits per heavy atom. The Bertz CT molecular complexity index is 728. The number of hydrogen-bond donors (Lipinski definition) is 1. The maximum absolute atomic E-state index is 12.8. The summed E-state index contributed by atoms with van der Waals surface area (Å²) in [5, 5.41) is 3.86. The van der Waals surface area contributed by atoms with Gasteiger partial charge >= 0.3 is 0 Å². The second-order valence-electron chi connectivity index (χ2n) is 7.17. The Labute approximate surface area is 161 Å². The molecule has 1 aliphatic rings. The lowest BCUT2D eigenvalue weighted by Gasteiger charge is -2.40. The van der Waals surface area contributed by atoms with E-state index in [2.05, 4.69) is 41.5 Å². The Kier molecular flexibility index (Phi) is 6.20. The second kappa shape index (κ2) is 8.59. The number of benzene rings is 2. The van der Waals surface area contributed by atoms with E-state index in [1.165, 1.54) is 5.69 Å². The number of hydrogen-bond acceptors (Lipinski definition) is 2. The Morgan fingerprint density at radius 1 is 1.12 bits per heavy atom. The number of unbranched alkanes of at least 4 members (excludes halogenated alkanes) is 1. The number of halogens is 1. The van der Waals surface area contributed by atoms with Crippen molar-refractivity contribution in [3.63, 3.8) is 0 Å². The molecule has 26 heavy (non-hydrogen) atoms. The van der Waals surface area contributed by atoms with Gasteiger partial charge in [0.2, 0.25) is 5.91 Å². The molecule has 0 unspecified atom stereocenters. The zero-order valence-electron chi connectivity index (χ0n) is 15.4. The van der Waals surface area contributed by atoms with Crippen LogP contribution in [-0.2, 0) is 10.2 Å². The lowest BCUT2D eigenvalue weighted by atomic mass is 9.64. The van der Waals surface area contributed by atoms with Crippen molar-refractivity contribution in [2.24, 2.45) is 0 Å². The molecule has 0 heterocycles. The summed E-state index contributed by atoms with van der Waals surface area (Å²) in [4.78, 5) is 15.1. The van der Waals surface area contributed by atoms with Crippen LogP contribution >= 0.6 is 11.6 Å². The van der Waals surface area contributed by atoms with Crippen LogP contribution in [0.3, 0.4) is 0 Å². The molecule has 1 fully saturated rings. The molecule has 0 aromatic heterocycles. The van der Waals surface area contributed by atoms with E-state index in [1.807, 2.05) is 30.3 Å². The topological polar surface area (TPSA) is 32.3 Å². The average Bonchev–Trinajstić information content (AvgIpc) is 2.61. The van der Waals surface area contributed by atoms with Crippen LogP contribution in [0.25, 0.3) is 0 Å². The van der Waals surface area contributed by atoms with E-state index in [0.717, 1.165) is 50.8 Å². The molecule has 0 aliphatic heterocycles. The minimum absolute atomic E-state index is 0.155. The predicted octanol–water partition coefficient (Wildman–Crippen LogP) is 4.79. The number of carbonyl (C=O) groups is 1.